The molecule has 2 aliphatic heterocycles. The van der Waals surface area contributed by atoms with Crippen LogP contribution in [0.2, 0.25) is 0 Å². The molecule has 6 heterocycles. The normalized spacial score (nSPS) is 17.9. The molecule has 0 spiro atoms. The molecule has 6 rings (SSSR count). The van der Waals surface area contributed by atoms with Crippen molar-refractivity contribution in [3.05, 3.63) is 60.3 Å². The minimum Gasteiger partial charge on any atom is -0.346 e. The van der Waals surface area contributed by atoms with Crippen molar-refractivity contribution < 1.29 is 22.4 Å². The molecule has 4 aromatic rings. The average molecular weight is 514 g/mol. The van der Waals surface area contributed by atoms with Crippen molar-refractivity contribution in [2.45, 2.75) is 31.1 Å². The molecule has 192 valence electrons. The third-order valence-electron chi connectivity index (χ3n) is 7.14. The van der Waals surface area contributed by atoms with Crippen molar-refractivity contribution in [1.82, 2.24) is 39.5 Å². The van der Waals surface area contributed by atoms with Gasteiger partial charge in [-0.05, 0) is 25.0 Å². The van der Waals surface area contributed by atoms with Gasteiger partial charge in [-0.25, -0.2) is 19.3 Å². The largest absolute Gasteiger partial charge is 0.433 e. The van der Waals surface area contributed by atoms with E-state index in [0.29, 0.717) is 38.2 Å². The maximum atomic E-state index is 14.1. The predicted octanol–water partition coefficient (Wildman–Crippen LogP) is 3.54. The van der Waals surface area contributed by atoms with Crippen molar-refractivity contribution in [3.63, 3.8) is 0 Å². The van der Waals surface area contributed by atoms with Gasteiger partial charge in [0.2, 0.25) is 0 Å². The molecule has 2 saturated heterocycles. The summed E-state index contributed by atoms with van der Waals surface area (Å²) in [6.07, 6.45) is 4.15. The highest BCUT2D eigenvalue weighted by molar-refractivity contribution is 5.94. The quantitative estimate of drug-likeness (QED) is 0.419. The highest BCUT2D eigenvalue weighted by Gasteiger charge is 2.38. The molecule has 0 bridgehead atoms. The van der Waals surface area contributed by atoms with Crippen LogP contribution in [0.1, 0.15) is 34.9 Å². The fourth-order valence-corrected chi connectivity index (χ4v) is 5.08. The second kappa shape index (κ2) is 8.91. The van der Waals surface area contributed by atoms with Crippen LogP contribution in [0.4, 0.5) is 17.6 Å². The third kappa shape index (κ3) is 4.32. The van der Waals surface area contributed by atoms with E-state index in [1.165, 1.54) is 11.2 Å². The fraction of sp³-hybridized carbons (Fsp3) is 0.375. The molecule has 13 heteroatoms. The Balaban J connectivity index is 1.05. The number of amides is 1. The Labute approximate surface area is 208 Å². The zero-order valence-electron chi connectivity index (χ0n) is 19.5. The van der Waals surface area contributed by atoms with Gasteiger partial charge in [-0.3, -0.25) is 14.4 Å². The summed E-state index contributed by atoms with van der Waals surface area (Å²) in [7, 11) is 0. The number of pyridine rings is 1. The molecule has 0 unspecified atom stereocenters. The van der Waals surface area contributed by atoms with Gasteiger partial charge >= 0.3 is 6.18 Å². The number of H-pyrrole nitrogens is 1. The molecule has 0 atom stereocenters. The number of nitrogens with zero attached hydrogens (tertiary/aromatic N) is 7. The number of alkyl halides is 3. The Bertz CT molecular complexity index is 1450. The van der Waals surface area contributed by atoms with Crippen LogP contribution in [0.25, 0.3) is 22.3 Å². The number of hydrogen-bond donors (Lipinski definition) is 1. The van der Waals surface area contributed by atoms with Crippen LogP contribution in [0.5, 0.6) is 0 Å². The second-order valence-electron chi connectivity index (χ2n) is 9.35. The SMILES string of the molecule is O=C(c1cc(C(F)(F)F)ncc1F)N1CCC(N2CC(n3cc(-c4ncnc5[nH]ccc45)cn3)C2)CC1. The summed E-state index contributed by atoms with van der Waals surface area (Å²) in [6, 6.07) is 2.88. The molecule has 0 aromatic carbocycles. The van der Waals surface area contributed by atoms with Crippen LogP contribution in [0.3, 0.4) is 0 Å². The summed E-state index contributed by atoms with van der Waals surface area (Å²) >= 11 is 0. The number of carbonyl (C=O) groups is 1. The van der Waals surface area contributed by atoms with Crippen LogP contribution < -0.4 is 0 Å². The molecule has 2 fully saturated rings. The van der Waals surface area contributed by atoms with Crippen molar-refractivity contribution in [2.24, 2.45) is 0 Å². The van der Waals surface area contributed by atoms with E-state index in [2.05, 4.69) is 29.9 Å². The number of nitrogens with one attached hydrogen (secondary N) is 1. The van der Waals surface area contributed by atoms with Gasteiger partial charge < -0.3 is 9.88 Å². The van der Waals surface area contributed by atoms with Gasteiger partial charge in [-0.15, -0.1) is 0 Å². The molecule has 37 heavy (non-hydrogen) atoms. The monoisotopic (exact) mass is 514 g/mol. The van der Waals surface area contributed by atoms with E-state index in [9.17, 15) is 22.4 Å². The summed E-state index contributed by atoms with van der Waals surface area (Å²) in [5.74, 6) is -1.79. The van der Waals surface area contributed by atoms with E-state index in [0.717, 1.165) is 35.4 Å². The first-order chi connectivity index (χ1) is 17.8. The van der Waals surface area contributed by atoms with Gasteiger partial charge in [0.15, 0.2) is 5.82 Å². The standard InChI is InChI=1S/C24H22F4N8O/c25-19-9-30-20(24(26,27)28)7-18(19)23(37)34-5-2-15(3-6-34)35-11-16(12-35)36-10-14(8-33-36)21-17-1-4-29-22(17)32-13-31-21/h1,4,7-10,13,15-16H,2-3,5-6,11-12H2,(H,29,31,32). The lowest BCUT2D eigenvalue weighted by Gasteiger charge is -2.47. The van der Waals surface area contributed by atoms with E-state index >= 15 is 0 Å². The van der Waals surface area contributed by atoms with Gasteiger partial charge in [0, 0.05) is 55.6 Å². The zero-order valence-corrected chi connectivity index (χ0v) is 19.5. The number of fused-ring (bicyclic) bond motifs is 1. The molecule has 0 saturated carbocycles. The number of aromatic nitrogens is 6. The Kier molecular flexibility index (Phi) is 5.66. The van der Waals surface area contributed by atoms with Crippen LogP contribution in [-0.2, 0) is 6.18 Å². The number of rotatable bonds is 4. The number of likely N-dealkylation sites (tertiary alicyclic amines) is 2. The minimum absolute atomic E-state index is 0.212. The Hall–Kier alpha value is -3.87. The fourth-order valence-electron chi connectivity index (χ4n) is 5.08. The van der Waals surface area contributed by atoms with E-state index < -0.39 is 29.2 Å². The molecule has 1 N–H and O–H groups in total. The van der Waals surface area contributed by atoms with Crippen molar-refractivity contribution >= 4 is 16.9 Å². The topological polar surface area (TPSA) is 95.8 Å². The van der Waals surface area contributed by atoms with Crippen LogP contribution in [-0.4, -0.2) is 77.6 Å². The van der Waals surface area contributed by atoms with Gasteiger partial charge in [0.05, 0.1) is 29.7 Å². The molecule has 1 amide bonds. The third-order valence-corrected chi connectivity index (χ3v) is 7.14. The smallest absolute Gasteiger partial charge is 0.346 e. The molecule has 0 aliphatic carbocycles. The lowest BCUT2D eigenvalue weighted by atomic mass is 9.97. The lowest BCUT2D eigenvalue weighted by Crippen LogP contribution is -2.56. The first kappa shape index (κ1) is 23.5. The van der Waals surface area contributed by atoms with Crippen molar-refractivity contribution in [2.75, 3.05) is 26.2 Å². The predicted molar refractivity (Wildman–Crippen MR) is 124 cm³/mol. The summed E-state index contributed by atoms with van der Waals surface area (Å²) in [4.78, 5) is 31.2. The van der Waals surface area contributed by atoms with E-state index in [1.54, 1.807) is 6.20 Å². The van der Waals surface area contributed by atoms with Gasteiger partial charge in [-0.2, -0.15) is 18.3 Å². The molecular formula is C24H22F4N8O. The molecule has 2 aliphatic rings. The lowest BCUT2D eigenvalue weighted by molar-refractivity contribution is -0.141. The van der Waals surface area contributed by atoms with E-state index in [4.69, 9.17) is 0 Å². The highest BCUT2D eigenvalue weighted by Crippen LogP contribution is 2.32. The van der Waals surface area contributed by atoms with Crippen LogP contribution in [0, 0.1) is 5.82 Å². The minimum atomic E-state index is -4.75. The second-order valence-corrected chi connectivity index (χ2v) is 9.35. The van der Waals surface area contributed by atoms with Gasteiger partial charge in [0.1, 0.15) is 17.7 Å². The Morgan fingerprint density at radius 1 is 1.05 bits per heavy atom. The molecule has 9 nitrogen and oxygen atoms in total. The number of aromatic amines is 1. The van der Waals surface area contributed by atoms with Gasteiger partial charge in [0.25, 0.3) is 5.91 Å². The Morgan fingerprint density at radius 2 is 1.84 bits per heavy atom. The average Bonchev–Trinajstić information content (AvgIpc) is 3.53. The summed E-state index contributed by atoms with van der Waals surface area (Å²) < 4.78 is 54.9. The van der Waals surface area contributed by atoms with E-state index in [-0.39, 0.29) is 12.1 Å². The maximum Gasteiger partial charge on any atom is 0.433 e. The zero-order chi connectivity index (χ0) is 25.7. The molecule has 0 radical (unpaired) electrons. The maximum absolute atomic E-state index is 14.1. The highest BCUT2D eigenvalue weighted by atomic mass is 19.4. The van der Waals surface area contributed by atoms with Crippen LogP contribution >= 0.6 is 0 Å². The first-order valence-corrected chi connectivity index (χ1v) is 11.9. The molecule has 4 aromatic heterocycles. The molecular weight excluding hydrogens is 492 g/mol. The van der Waals surface area contributed by atoms with Gasteiger partial charge in [-0.1, -0.05) is 0 Å². The van der Waals surface area contributed by atoms with Crippen molar-refractivity contribution in [1.29, 1.82) is 0 Å². The number of piperidine rings is 1. The summed E-state index contributed by atoms with van der Waals surface area (Å²) in [5, 5.41) is 5.46. The first-order valence-electron chi connectivity index (χ1n) is 11.9. The van der Waals surface area contributed by atoms with Crippen LogP contribution in [0.15, 0.2) is 43.2 Å². The van der Waals surface area contributed by atoms with E-state index in [1.807, 2.05) is 23.1 Å². The Morgan fingerprint density at radius 3 is 2.59 bits per heavy atom. The summed E-state index contributed by atoms with van der Waals surface area (Å²) in [5.41, 5.74) is 0.621. The number of halogens is 4. The number of hydrogen-bond acceptors (Lipinski definition) is 6. The van der Waals surface area contributed by atoms with Crippen molar-refractivity contribution in [3.8, 4) is 11.3 Å². The number of carbonyl (C=O) groups excluding carboxylic acids is 1. The summed E-state index contributed by atoms with van der Waals surface area (Å²) in [6.45, 7) is 2.30.